The van der Waals surface area contributed by atoms with Crippen molar-refractivity contribution in [1.29, 1.82) is 0 Å². The second-order valence-corrected chi connectivity index (χ2v) is 8.81. The second-order valence-electron chi connectivity index (χ2n) is 8.81. The quantitative estimate of drug-likeness (QED) is 0.422. The maximum atomic E-state index is 12.9. The molecule has 0 spiro atoms. The third kappa shape index (κ3) is 6.34. The van der Waals surface area contributed by atoms with Gasteiger partial charge in [0.15, 0.2) is 0 Å². The van der Waals surface area contributed by atoms with Crippen molar-refractivity contribution in [3.63, 3.8) is 0 Å². The van der Waals surface area contributed by atoms with Crippen molar-refractivity contribution < 1.29 is 23.5 Å². The van der Waals surface area contributed by atoms with Crippen molar-refractivity contribution in [2.24, 2.45) is 5.92 Å². The molecular weight excluding hydrogens is 386 g/mol. The fraction of sp³-hybridized carbons (Fsp3) is 0.522. The van der Waals surface area contributed by atoms with E-state index in [0.717, 1.165) is 16.5 Å². The molecule has 1 aromatic carbocycles. The molecule has 2 aromatic rings. The van der Waals surface area contributed by atoms with Gasteiger partial charge in [0.1, 0.15) is 23.0 Å². The Balaban J connectivity index is 2.32. The van der Waals surface area contributed by atoms with Crippen LogP contribution in [0.4, 0.5) is 4.79 Å². The zero-order valence-corrected chi connectivity index (χ0v) is 18.8. The van der Waals surface area contributed by atoms with E-state index in [1.54, 1.807) is 26.8 Å². The Kier molecular flexibility index (Phi) is 7.29. The Bertz CT molecular complexity index is 984. The van der Waals surface area contributed by atoms with Crippen LogP contribution in [0.5, 0.6) is 5.75 Å². The van der Waals surface area contributed by atoms with Crippen LogP contribution in [0.25, 0.3) is 11.0 Å². The molecule has 0 fully saturated rings. The maximum absolute atomic E-state index is 12.9. The van der Waals surface area contributed by atoms with Gasteiger partial charge in [0.2, 0.25) is 0 Å². The number of carbonyl (C=O) groups excluding carboxylic acids is 2. The number of alkyl carbamates (subject to hydrolysis) is 1. The Morgan fingerprint density at radius 3 is 2.40 bits per heavy atom. The second kappa shape index (κ2) is 9.32. The molecule has 1 unspecified atom stereocenters. The molecule has 7 nitrogen and oxygen atoms in total. The van der Waals surface area contributed by atoms with E-state index in [1.807, 2.05) is 33.8 Å². The first-order valence-corrected chi connectivity index (χ1v) is 10.2. The predicted octanol–water partition coefficient (Wildman–Crippen LogP) is 4.51. The first kappa shape index (κ1) is 23.4. The molecule has 7 heteroatoms. The summed E-state index contributed by atoms with van der Waals surface area (Å²) >= 11 is 0. The lowest BCUT2D eigenvalue weighted by atomic mass is 10.0. The molecule has 1 aromatic heterocycles. The molecule has 0 saturated heterocycles. The van der Waals surface area contributed by atoms with Crippen LogP contribution in [0.1, 0.15) is 59.1 Å². The van der Waals surface area contributed by atoms with Crippen LogP contribution in [-0.2, 0) is 16.0 Å². The van der Waals surface area contributed by atoms with Crippen LogP contribution in [0.15, 0.2) is 27.4 Å². The van der Waals surface area contributed by atoms with Gasteiger partial charge in [-0.1, -0.05) is 20.8 Å². The molecule has 0 radical (unpaired) electrons. The van der Waals surface area contributed by atoms with Crippen molar-refractivity contribution >= 4 is 23.0 Å². The van der Waals surface area contributed by atoms with Crippen LogP contribution >= 0.6 is 0 Å². The van der Waals surface area contributed by atoms with Gasteiger partial charge >= 0.3 is 17.7 Å². The molecule has 2 rings (SSSR count). The van der Waals surface area contributed by atoms with Crippen molar-refractivity contribution in [1.82, 2.24) is 5.32 Å². The minimum absolute atomic E-state index is 0.139. The molecule has 0 aliphatic heterocycles. The Morgan fingerprint density at radius 2 is 1.83 bits per heavy atom. The van der Waals surface area contributed by atoms with Crippen molar-refractivity contribution in [3.05, 3.63) is 39.7 Å². The molecule has 0 aliphatic carbocycles. The Morgan fingerprint density at radius 1 is 1.17 bits per heavy atom. The van der Waals surface area contributed by atoms with Gasteiger partial charge in [0.05, 0.1) is 0 Å². The number of amides is 1. The van der Waals surface area contributed by atoms with Crippen molar-refractivity contribution in [2.45, 2.75) is 73.0 Å². The van der Waals surface area contributed by atoms with Crippen LogP contribution in [0.2, 0.25) is 0 Å². The zero-order chi connectivity index (χ0) is 22.6. The Labute approximate surface area is 176 Å². The molecule has 1 N–H and O–H groups in total. The van der Waals surface area contributed by atoms with E-state index in [0.29, 0.717) is 24.2 Å². The molecule has 1 atom stereocenters. The van der Waals surface area contributed by atoms with Crippen LogP contribution in [-0.4, -0.2) is 23.7 Å². The first-order valence-electron chi connectivity index (χ1n) is 10.2. The minimum atomic E-state index is -0.871. The predicted molar refractivity (Wildman–Crippen MR) is 115 cm³/mol. The van der Waals surface area contributed by atoms with Gasteiger partial charge in [-0.25, -0.2) is 14.4 Å². The molecular formula is C23H31NO6. The third-order valence-corrected chi connectivity index (χ3v) is 4.41. The fourth-order valence-electron chi connectivity index (χ4n) is 3.08. The highest BCUT2D eigenvalue weighted by atomic mass is 16.6. The zero-order valence-electron chi connectivity index (χ0n) is 18.8. The number of hydrogen-bond donors (Lipinski definition) is 1. The van der Waals surface area contributed by atoms with Crippen LogP contribution in [0.3, 0.4) is 0 Å². The van der Waals surface area contributed by atoms with E-state index < -0.39 is 29.3 Å². The number of hydrogen-bond acceptors (Lipinski definition) is 6. The largest absolute Gasteiger partial charge is 0.444 e. The van der Waals surface area contributed by atoms with Crippen LogP contribution in [0, 0.1) is 12.8 Å². The van der Waals surface area contributed by atoms with Crippen molar-refractivity contribution in [3.8, 4) is 5.75 Å². The summed E-state index contributed by atoms with van der Waals surface area (Å²) < 4.78 is 16.2. The van der Waals surface area contributed by atoms with Gasteiger partial charge in [0.25, 0.3) is 0 Å². The number of benzene rings is 1. The summed E-state index contributed by atoms with van der Waals surface area (Å²) in [6, 6.07) is 3.97. The minimum Gasteiger partial charge on any atom is -0.444 e. The normalized spacial score (nSPS) is 12.7. The number of esters is 1. The number of fused-ring (bicyclic) bond motifs is 1. The number of aryl methyl sites for hydroxylation is 2. The van der Waals surface area contributed by atoms with Crippen molar-refractivity contribution in [2.75, 3.05) is 0 Å². The lowest BCUT2D eigenvalue weighted by Crippen LogP contribution is -2.45. The first-order chi connectivity index (χ1) is 13.9. The number of rotatable bonds is 6. The van der Waals surface area contributed by atoms with Gasteiger partial charge in [0, 0.05) is 17.5 Å². The average Bonchev–Trinajstić information content (AvgIpc) is 2.58. The van der Waals surface area contributed by atoms with E-state index in [2.05, 4.69) is 5.32 Å². The van der Waals surface area contributed by atoms with Crippen LogP contribution < -0.4 is 15.7 Å². The standard InChI is InChI=1S/C23H31NO6/c1-8-15-11-16-14(4)10-20(25)28-19(16)12-18(15)29-21(26)17(9-13(2)3)24-22(27)30-23(5,6)7/h10-13,17H,8-9H2,1-7H3,(H,24,27). The molecule has 30 heavy (non-hydrogen) atoms. The highest BCUT2D eigenvalue weighted by Crippen LogP contribution is 2.28. The highest BCUT2D eigenvalue weighted by molar-refractivity contribution is 5.86. The number of nitrogens with one attached hydrogen (secondary N) is 1. The lowest BCUT2D eigenvalue weighted by Gasteiger charge is -2.24. The molecule has 0 saturated carbocycles. The van der Waals surface area contributed by atoms with E-state index in [9.17, 15) is 14.4 Å². The van der Waals surface area contributed by atoms with E-state index in [1.165, 1.54) is 6.07 Å². The van der Waals surface area contributed by atoms with Gasteiger partial charge in [-0.05, 0) is 63.6 Å². The molecule has 0 bridgehead atoms. The van der Waals surface area contributed by atoms with E-state index in [4.69, 9.17) is 13.9 Å². The molecule has 0 aliphatic rings. The summed E-state index contributed by atoms with van der Waals surface area (Å²) in [5.74, 6) is -0.150. The molecule has 1 heterocycles. The summed E-state index contributed by atoms with van der Waals surface area (Å²) in [6.45, 7) is 12.9. The molecule has 1 amide bonds. The van der Waals surface area contributed by atoms with Gasteiger partial charge in [-0.15, -0.1) is 0 Å². The fourth-order valence-corrected chi connectivity index (χ4v) is 3.08. The number of carbonyl (C=O) groups is 2. The van der Waals surface area contributed by atoms with Gasteiger partial charge in [-0.3, -0.25) is 0 Å². The number of ether oxygens (including phenoxy) is 2. The third-order valence-electron chi connectivity index (χ3n) is 4.41. The summed E-state index contributed by atoms with van der Waals surface area (Å²) in [7, 11) is 0. The summed E-state index contributed by atoms with van der Waals surface area (Å²) in [6.07, 6.45) is 0.327. The SMILES string of the molecule is CCc1cc2c(C)cc(=O)oc2cc1OC(=O)C(CC(C)C)NC(=O)OC(C)(C)C. The summed E-state index contributed by atoms with van der Waals surface area (Å²) in [5.41, 5.74) is 0.789. The monoisotopic (exact) mass is 417 g/mol. The van der Waals surface area contributed by atoms with E-state index in [-0.39, 0.29) is 5.92 Å². The summed E-state index contributed by atoms with van der Waals surface area (Å²) in [4.78, 5) is 36.8. The van der Waals surface area contributed by atoms with Gasteiger partial charge in [-0.2, -0.15) is 0 Å². The highest BCUT2D eigenvalue weighted by Gasteiger charge is 2.27. The topological polar surface area (TPSA) is 94.8 Å². The van der Waals surface area contributed by atoms with Gasteiger partial charge < -0.3 is 19.2 Å². The average molecular weight is 418 g/mol. The van der Waals surface area contributed by atoms with E-state index >= 15 is 0 Å². The lowest BCUT2D eigenvalue weighted by molar-refractivity contribution is -0.137. The maximum Gasteiger partial charge on any atom is 0.408 e. The smallest absolute Gasteiger partial charge is 0.408 e. The summed E-state index contributed by atoms with van der Waals surface area (Å²) in [5, 5.41) is 3.40. The molecule has 164 valence electrons. The Hall–Kier alpha value is -2.83.